The molecule has 0 saturated carbocycles. The summed E-state index contributed by atoms with van der Waals surface area (Å²) in [4.78, 5) is 12.6. The van der Waals surface area contributed by atoms with Crippen LogP contribution >= 0.6 is 0 Å². The summed E-state index contributed by atoms with van der Waals surface area (Å²) in [5, 5.41) is 12.1. The van der Waals surface area contributed by atoms with E-state index in [1.807, 2.05) is 50.2 Å². The third-order valence-electron chi connectivity index (χ3n) is 4.25. The average Bonchev–Trinajstić information content (AvgIpc) is 2.43. The van der Waals surface area contributed by atoms with Gasteiger partial charge in [0.1, 0.15) is 5.75 Å². The van der Waals surface area contributed by atoms with Gasteiger partial charge in [0, 0.05) is 0 Å². The normalized spacial score (nSPS) is 13.1. The first-order chi connectivity index (χ1) is 11.3. The van der Waals surface area contributed by atoms with Crippen molar-refractivity contribution >= 4 is 16.7 Å². The van der Waals surface area contributed by atoms with Crippen molar-refractivity contribution in [3.05, 3.63) is 42.0 Å². The molecule has 0 aliphatic heterocycles. The van der Waals surface area contributed by atoms with Crippen LogP contribution in [-0.4, -0.2) is 11.1 Å². The molecule has 0 fully saturated rings. The molecule has 0 amide bonds. The Labute approximate surface area is 151 Å². The van der Waals surface area contributed by atoms with Gasteiger partial charge in [-0.1, -0.05) is 39.0 Å². The lowest BCUT2D eigenvalue weighted by molar-refractivity contribution is -0.145. The Morgan fingerprint density at radius 2 is 1.48 bits per heavy atom. The molecular formula is C22H30O3. The number of carbonyl (C=O) groups excluding carboxylic acids is 1. The molecule has 0 aliphatic rings. The number of aliphatic hydroxyl groups is 1. The minimum absolute atomic E-state index is 0.0550. The van der Waals surface area contributed by atoms with Crippen molar-refractivity contribution in [2.45, 2.75) is 60.5 Å². The molecule has 0 aromatic heterocycles. The molecule has 0 atom stereocenters. The van der Waals surface area contributed by atoms with Crippen LogP contribution in [0, 0.1) is 10.8 Å². The fourth-order valence-electron chi connectivity index (χ4n) is 3.31. The quantitative estimate of drug-likeness (QED) is 0.595. The van der Waals surface area contributed by atoms with E-state index in [-0.39, 0.29) is 11.4 Å². The van der Waals surface area contributed by atoms with E-state index in [4.69, 9.17) is 4.74 Å². The van der Waals surface area contributed by atoms with Crippen LogP contribution in [0.3, 0.4) is 0 Å². The molecule has 2 aromatic carbocycles. The minimum atomic E-state index is -0.879. The molecule has 25 heavy (non-hydrogen) atoms. The van der Waals surface area contributed by atoms with E-state index in [0.717, 1.165) is 22.8 Å². The molecular weight excluding hydrogens is 312 g/mol. The molecule has 0 spiro atoms. The maximum Gasteiger partial charge on any atom is 0.316 e. The molecule has 0 radical (unpaired) electrons. The van der Waals surface area contributed by atoms with Gasteiger partial charge in [0.2, 0.25) is 0 Å². The van der Waals surface area contributed by atoms with E-state index < -0.39 is 11.0 Å². The van der Waals surface area contributed by atoms with Gasteiger partial charge in [0.05, 0.1) is 11.0 Å². The highest BCUT2D eigenvalue weighted by Crippen LogP contribution is 2.35. The molecule has 0 bridgehead atoms. The van der Waals surface area contributed by atoms with Crippen molar-refractivity contribution in [1.29, 1.82) is 0 Å². The fraction of sp³-hybridized carbons (Fsp3) is 0.500. The summed E-state index contributed by atoms with van der Waals surface area (Å²) in [6.45, 7) is 13.8. The van der Waals surface area contributed by atoms with E-state index in [2.05, 4.69) is 20.8 Å². The van der Waals surface area contributed by atoms with Gasteiger partial charge >= 0.3 is 5.97 Å². The van der Waals surface area contributed by atoms with Crippen LogP contribution in [0.15, 0.2) is 36.4 Å². The second kappa shape index (κ2) is 6.45. The zero-order valence-corrected chi connectivity index (χ0v) is 16.4. The second-order valence-electron chi connectivity index (χ2n) is 9.29. The third-order valence-corrected chi connectivity index (χ3v) is 4.25. The molecule has 0 saturated heterocycles. The minimum Gasteiger partial charge on any atom is -0.426 e. The SMILES string of the molecule is CC(C)(C)CC(C)(C)C(=O)Oc1ccc2cc(C(C)(C)O)ccc2c1. The van der Waals surface area contributed by atoms with Crippen LogP contribution in [0.1, 0.15) is 60.5 Å². The van der Waals surface area contributed by atoms with Crippen LogP contribution in [-0.2, 0) is 10.4 Å². The lowest BCUT2D eigenvalue weighted by Crippen LogP contribution is -2.33. The summed E-state index contributed by atoms with van der Waals surface area (Å²) in [5.41, 5.74) is -0.510. The monoisotopic (exact) mass is 342 g/mol. The number of ether oxygens (including phenoxy) is 1. The van der Waals surface area contributed by atoms with Gasteiger partial charge in [-0.05, 0) is 74.1 Å². The molecule has 0 aliphatic carbocycles. The first-order valence-corrected chi connectivity index (χ1v) is 8.77. The van der Waals surface area contributed by atoms with E-state index in [1.165, 1.54) is 0 Å². The molecule has 1 N–H and O–H groups in total. The molecule has 3 heteroatoms. The van der Waals surface area contributed by atoms with Crippen LogP contribution in [0.2, 0.25) is 0 Å². The largest absolute Gasteiger partial charge is 0.426 e. The van der Waals surface area contributed by atoms with Crippen LogP contribution in [0.25, 0.3) is 10.8 Å². The summed E-state index contributed by atoms with van der Waals surface area (Å²) < 4.78 is 5.64. The number of carbonyl (C=O) groups is 1. The van der Waals surface area contributed by atoms with E-state index in [0.29, 0.717) is 5.75 Å². The van der Waals surface area contributed by atoms with Crippen molar-refractivity contribution in [2.24, 2.45) is 10.8 Å². The van der Waals surface area contributed by atoms with E-state index in [1.54, 1.807) is 13.8 Å². The molecule has 2 rings (SSSR count). The Bertz CT molecular complexity index is 774. The summed E-state index contributed by atoms with van der Waals surface area (Å²) >= 11 is 0. The summed E-state index contributed by atoms with van der Waals surface area (Å²) in [5.74, 6) is 0.338. The van der Waals surface area contributed by atoms with E-state index in [9.17, 15) is 9.90 Å². The van der Waals surface area contributed by atoms with Gasteiger partial charge in [0.25, 0.3) is 0 Å². The average molecular weight is 342 g/mol. The zero-order valence-electron chi connectivity index (χ0n) is 16.4. The Balaban J connectivity index is 2.23. The molecule has 0 unspecified atom stereocenters. The van der Waals surface area contributed by atoms with Crippen LogP contribution in [0.4, 0.5) is 0 Å². The van der Waals surface area contributed by atoms with E-state index >= 15 is 0 Å². The van der Waals surface area contributed by atoms with Crippen molar-refractivity contribution in [3.63, 3.8) is 0 Å². The number of hydrogen-bond acceptors (Lipinski definition) is 3. The Morgan fingerprint density at radius 1 is 0.920 bits per heavy atom. The standard InChI is InChI=1S/C22H30O3/c1-20(2,3)14-21(4,5)19(23)25-18-11-9-15-12-17(22(6,7)24)10-8-16(15)13-18/h8-13,24H,14H2,1-7H3. The number of fused-ring (bicyclic) bond motifs is 1. The molecule has 0 heterocycles. The number of esters is 1. The summed E-state index contributed by atoms with van der Waals surface area (Å²) in [6.07, 6.45) is 0.751. The molecule has 2 aromatic rings. The predicted molar refractivity (Wildman–Crippen MR) is 103 cm³/mol. The lowest BCUT2D eigenvalue weighted by Gasteiger charge is -2.30. The van der Waals surface area contributed by atoms with Gasteiger partial charge < -0.3 is 9.84 Å². The first kappa shape index (κ1) is 19.5. The Kier molecular flexibility index (Phi) is 5.02. The highest BCUT2D eigenvalue weighted by Gasteiger charge is 2.34. The topological polar surface area (TPSA) is 46.5 Å². The van der Waals surface area contributed by atoms with Crippen molar-refractivity contribution < 1.29 is 14.6 Å². The maximum absolute atomic E-state index is 12.6. The third kappa shape index (κ3) is 5.05. The molecule has 3 nitrogen and oxygen atoms in total. The highest BCUT2D eigenvalue weighted by atomic mass is 16.5. The summed E-state index contributed by atoms with van der Waals surface area (Å²) in [7, 11) is 0. The first-order valence-electron chi connectivity index (χ1n) is 8.77. The van der Waals surface area contributed by atoms with Gasteiger partial charge in [-0.3, -0.25) is 4.79 Å². The van der Waals surface area contributed by atoms with Crippen LogP contribution < -0.4 is 4.74 Å². The predicted octanol–water partition coefficient (Wildman–Crippen LogP) is 5.44. The van der Waals surface area contributed by atoms with Gasteiger partial charge in [-0.15, -0.1) is 0 Å². The smallest absolute Gasteiger partial charge is 0.316 e. The fourth-order valence-corrected chi connectivity index (χ4v) is 3.31. The second-order valence-corrected chi connectivity index (χ2v) is 9.29. The van der Waals surface area contributed by atoms with Crippen molar-refractivity contribution in [2.75, 3.05) is 0 Å². The van der Waals surface area contributed by atoms with Gasteiger partial charge in [0.15, 0.2) is 0 Å². The zero-order chi connectivity index (χ0) is 19.0. The lowest BCUT2D eigenvalue weighted by atomic mass is 9.76. The van der Waals surface area contributed by atoms with Crippen LogP contribution in [0.5, 0.6) is 5.75 Å². The number of rotatable bonds is 4. The maximum atomic E-state index is 12.6. The Morgan fingerprint density at radius 3 is 2.04 bits per heavy atom. The van der Waals surface area contributed by atoms with Crippen molar-refractivity contribution in [1.82, 2.24) is 0 Å². The van der Waals surface area contributed by atoms with Crippen molar-refractivity contribution in [3.8, 4) is 5.75 Å². The Hall–Kier alpha value is -1.87. The summed E-state index contributed by atoms with van der Waals surface area (Å²) in [6, 6.07) is 11.4. The van der Waals surface area contributed by atoms with Gasteiger partial charge in [-0.25, -0.2) is 0 Å². The highest BCUT2D eigenvalue weighted by molar-refractivity contribution is 5.86. The number of benzene rings is 2. The van der Waals surface area contributed by atoms with Gasteiger partial charge in [-0.2, -0.15) is 0 Å². The molecule has 136 valence electrons. The number of hydrogen-bond donors (Lipinski definition) is 1.